The molecule has 1 atom stereocenters. The number of amides is 3. The number of rotatable bonds is 11. The van der Waals surface area contributed by atoms with E-state index < -0.39 is 36.1 Å². The van der Waals surface area contributed by atoms with Gasteiger partial charge < -0.3 is 24.4 Å². The molecule has 224 valence electrons. The molecule has 0 aliphatic carbocycles. The molecule has 3 amide bonds. The van der Waals surface area contributed by atoms with Crippen molar-refractivity contribution in [2.45, 2.75) is 12.6 Å². The average molecular weight is 594 g/mol. The van der Waals surface area contributed by atoms with Gasteiger partial charge in [-0.1, -0.05) is 36.4 Å². The standard InChI is InChI=1S/C34H31N3O7/c1-42-25-14-8-22(9-15-25)20-37(30(38)21-36-29-7-5-4-6-28(29)32(39)34(36)41)31(23-10-16-26(43-2)17-11-23)33(40)35-24-12-18-27(44-3)19-13-24/h4-19,31H,20-21H2,1-3H3,(H,35,40). The van der Waals surface area contributed by atoms with Gasteiger partial charge in [-0.15, -0.1) is 0 Å². The summed E-state index contributed by atoms with van der Waals surface area (Å²) in [6.45, 7) is -0.423. The van der Waals surface area contributed by atoms with Gasteiger partial charge in [0.05, 0.1) is 32.6 Å². The molecule has 1 aliphatic heterocycles. The fourth-order valence-corrected chi connectivity index (χ4v) is 5.03. The predicted molar refractivity (Wildman–Crippen MR) is 164 cm³/mol. The van der Waals surface area contributed by atoms with Crippen molar-refractivity contribution in [3.63, 3.8) is 0 Å². The number of benzene rings is 4. The van der Waals surface area contributed by atoms with Gasteiger partial charge in [0.1, 0.15) is 29.8 Å². The zero-order chi connectivity index (χ0) is 31.2. The van der Waals surface area contributed by atoms with E-state index in [2.05, 4.69) is 5.32 Å². The topological polar surface area (TPSA) is 114 Å². The van der Waals surface area contributed by atoms with Gasteiger partial charge in [0, 0.05) is 12.2 Å². The van der Waals surface area contributed by atoms with Gasteiger partial charge in [-0.3, -0.25) is 24.1 Å². The van der Waals surface area contributed by atoms with Crippen LogP contribution in [-0.4, -0.2) is 56.3 Å². The van der Waals surface area contributed by atoms with Crippen LogP contribution in [0.1, 0.15) is 27.5 Å². The summed E-state index contributed by atoms with van der Waals surface area (Å²) in [6, 6.07) is 26.2. The maximum atomic E-state index is 14.2. The number of carbonyl (C=O) groups excluding carboxylic acids is 4. The van der Waals surface area contributed by atoms with Crippen molar-refractivity contribution < 1.29 is 33.4 Å². The number of carbonyl (C=O) groups is 4. The molecule has 5 rings (SSSR count). The molecule has 4 aromatic carbocycles. The molecule has 1 N–H and O–H groups in total. The van der Waals surface area contributed by atoms with E-state index in [4.69, 9.17) is 14.2 Å². The SMILES string of the molecule is COc1ccc(CN(C(=O)CN2C(=O)C(=O)c3ccccc32)C(C(=O)Nc2ccc(OC)cc2)c2ccc(OC)cc2)cc1. The van der Waals surface area contributed by atoms with Gasteiger partial charge in [0.15, 0.2) is 0 Å². The van der Waals surface area contributed by atoms with Crippen LogP contribution in [-0.2, 0) is 20.9 Å². The fourth-order valence-electron chi connectivity index (χ4n) is 5.03. The summed E-state index contributed by atoms with van der Waals surface area (Å²) in [6.07, 6.45) is 0. The lowest BCUT2D eigenvalue weighted by atomic mass is 10.0. The number of hydrogen-bond acceptors (Lipinski definition) is 7. The average Bonchev–Trinajstić information content (AvgIpc) is 3.30. The molecule has 1 unspecified atom stereocenters. The van der Waals surface area contributed by atoms with E-state index >= 15 is 0 Å². The monoisotopic (exact) mass is 593 g/mol. The lowest BCUT2D eigenvalue weighted by Crippen LogP contribution is -2.46. The number of Topliss-reactive ketones (excluding diaryl/α,β-unsaturated/α-hetero) is 1. The first-order chi connectivity index (χ1) is 21.3. The maximum absolute atomic E-state index is 14.2. The highest BCUT2D eigenvalue weighted by Gasteiger charge is 2.39. The van der Waals surface area contributed by atoms with Crippen molar-refractivity contribution >= 4 is 34.9 Å². The second-order valence-electron chi connectivity index (χ2n) is 10.0. The molecule has 4 aromatic rings. The van der Waals surface area contributed by atoms with Gasteiger partial charge in [-0.25, -0.2) is 0 Å². The summed E-state index contributed by atoms with van der Waals surface area (Å²) < 4.78 is 15.8. The largest absolute Gasteiger partial charge is 0.497 e. The molecule has 1 heterocycles. The Morgan fingerprint density at radius 1 is 0.750 bits per heavy atom. The second-order valence-corrected chi connectivity index (χ2v) is 10.0. The third-order valence-corrected chi connectivity index (χ3v) is 7.35. The Balaban J connectivity index is 1.55. The normalized spacial score (nSPS) is 12.8. The number of nitrogens with one attached hydrogen (secondary N) is 1. The number of methoxy groups -OCH3 is 3. The number of hydrogen-bond donors (Lipinski definition) is 1. The summed E-state index contributed by atoms with van der Waals surface area (Å²) in [5.74, 6) is -0.666. The number of ketones is 1. The summed E-state index contributed by atoms with van der Waals surface area (Å²) in [4.78, 5) is 56.5. The number of fused-ring (bicyclic) bond motifs is 1. The predicted octanol–water partition coefficient (Wildman–Crippen LogP) is 4.65. The minimum Gasteiger partial charge on any atom is -0.497 e. The molecule has 0 spiro atoms. The smallest absolute Gasteiger partial charge is 0.299 e. The van der Waals surface area contributed by atoms with Crippen molar-refractivity contribution in [1.82, 2.24) is 4.90 Å². The van der Waals surface area contributed by atoms with Crippen LogP contribution in [0.25, 0.3) is 0 Å². The minimum atomic E-state index is -1.12. The second kappa shape index (κ2) is 13.1. The third kappa shape index (κ3) is 6.24. The Morgan fingerprint density at radius 2 is 1.30 bits per heavy atom. The van der Waals surface area contributed by atoms with Crippen LogP contribution >= 0.6 is 0 Å². The zero-order valence-corrected chi connectivity index (χ0v) is 24.5. The molecule has 0 radical (unpaired) electrons. The molecular weight excluding hydrogens is 562 g/mol. The van der Waals surface area contributed by atoms with Crippen LogP contribution in [0.2, 0.25) is 0 Å². The molecule has 1 aliphatic rings. The Kier molecular flexibility index (Phi) is 8.90. The van der Waals surface area contributed by atoms with Crippen molar-refractivity contribution in [3.05, 3.63) is 114 Å². The Hall–Kier alpha value is -5.64. The van der Waals surface area contributed by atoms with Gasteiger partial charge in [-0.2, -0.15) is 0 Å². The van der Waals surface area contributed by atoms with Crippen LogP contribution < -0.4 is 24.4 Å². The quantitative estimate of drug-likeness (QED) is 0.252. The maximum Gasteiger partial charge on any atom is 0.299 e. The van der Waals surface area contributed by atoms with Gasteiger partial charge >= 0.3 is 0 Å². The molecule has 10 heteroatoms. The van der Waals surface area contributed by atoms with Crippen LogP contribution in [0.4, 0.5) is 11.4 Å². The van der Waals surface area contributed by atoms with Crippen LogP contribution in [0, 0.1) is 0 Å². The van der Waals surface area contributed by atoms with E-state index in [1.807, 2.05) is 0 Å². The summed E-state index contributed by atoms with van der Waals surface area (Å²) in [5, 5.41) is 2.91. The first kappa shape index (κ1) is 29.8. The number of para-hydroxylation sites is 1. The van der Waals surface area contributed by atoms with Crippen LogP contribution in [0.15, 0.2) is 97.1 Å². The zero-order valence-electron chi connectivity index (χ0n) is 24.5. The minimum absolute atomic E-state index is 0.0210. The van der Waals surface area contributed by atoms with E-state index in [0.717, 1.165) is 10.5 Å². The summed E-state index contributed by atoms with van der Waals surface area (Å²) in [7, 11) is 4.64. The van der Waals surface area contributed by atoms with Crippen LogP contribution in [0.5, 0.6) is 17.2 Å². The molecule has 0 saturated heterocycles. The lowest BCUT2D eigenvalue weighted by Gasteiger charge is -2.33. The number of nitrogens with zero attached hydrogens (tertiary/aromatic N) is 2. The molecular formula is C34H31N3O7. The van der Waals surface area contributed by atoms with Crippen LogP contribution in [0.3, 0.4) is 0 Å². The molecule has 0 aromatic heterocycles. The third-order valence-electron chi connectivity index (χ3n) is 7.35. The van der Waals surface area contributed by atoms with Crippen molar-refractivity contribution in [2.75, 3.05) is 38.1 Å². The van der Waals surface area contributed by atoms with Crippen molar-refractivity contribution in [3.8, 4) is 17.2 Å². The van der Waals surface area contributed by atoms with Crippen molar-refractivity contribution in [1.29, 1.82) is 0 Å². The van der Waals surface area contributed by atoms with Gasteiger partial charge in [0.2, 0.25) is 5.91 Å². The van der Waals surface area contributed by atoms with E-state index in [9.17, 15) is 19.2 Å². The first-order valence-electron chi connectivity index (χ1n) is 13.8. The Labute approximate surface area is 254 Å². The van der Waals surface area contributed by atoms with E-state index in [1.54, 1.807) is 111 Å². The molecule has 0 bridgehead atoms. The van der Waals surface area contributed by atoms with E-state index in [-0.39, 0.29) is 12.1 Å². The number of anilines is 2. The number of ether oxygens (including phenoxy) is 3. The summed E-state index contributed by atoms with van der Waals surface area (Å²) in [5.41, 5.74) is 2.32. The van der Waals surface area contributed by atoms with Gasteiger partial charge in [-0.05, 0) is 71.8 Å². The highest BCUT2D eigenvalue weighted by molar-refractivity contribution is 6.52. The van der Waals surface area contributed by atoms with Gasteiger partial charge in [0.25, 0.3) is 17.6 Å². The first-order valence-corrected chi connectivity index (χ1v) is 13.8. The highest BCUT2D eigenvalue weighted by Crippen LogP contribution is 2.31. The fraction of sp³-hybridized carbons (Fsp3) is 0.176. The lowest BCUT2D eigenvalue weighted by molar-refractivity contribution is -0.139. The van der Waals surface area contributed by atoms with Crippen molar-refractivity contribution in [2.24, 2.45) is 0 Å². The highest BCUT2D eigenvalue weighted by atomic mass is 16.5. The van der Waals surface area contributed by atoms with E-state index in [0.29, 0.717) is 34.2 Å². The Morgan fingerprint density at radius 3 is 1.89 bits per heavy atom. The van der Waals surface area contributed by atoms with E-state index in [1.165, 1.54) is 12.0 Å². The molecule has 0 fully saturated rings. The molecule has 10 nitrogen and oxygen atoms in total. The summed E-state index contributed by atoms with van der Waals surface area (Å²) >= 11 is 0. The molecule has 0 saturated carbocycles. The Bertz CT molecular complexity index is 1670. The molecule has 44 heavy (non-hydrogen) atoms.